The average Bonchev–Trinajstić information content (AvgIpc) is 3.47. The molecule has 3 fully saturated rings. The highest BCUT2D eigenvalue weighted by molar-refractivity contribution is 5.28. The maximum atomic E-state index is 11.7. The SMILES string of the molecule is OC1(c2cncc(CCN3CCCC3)c2)CCC2CN(Cc3ccccc3)CC21. The third-order valence-corrected chi connectivity index (χ3v) is 7.49. The maximum Gasteiger partial charge on any atom is 0.0954 e. The lowest BCUT2D eigenvalue weighted by molar-refractivity contribution is -0.00720. The number of nitrogens with zero attached hydrogens (tertiary/aromatic N) is 3. The normalized spacial score (nSPS) is 30.1. The van der Waals surface area contributed by atoms with E-state index < -0.39 is 5.60 Å². The predicted octanol–water partition coefficient (Wildman–Crippen LogP) is 3.45. The Hall–Kier alpha value is -1.75. The summed E-state index contributed by atoms with van der Waals surface area (Å²) in [7, 11) is 0. The van der Waals surface area contributed by atoms with Gasteiger partial charge < -0.3 is 10.0 Å². The van der Waals surface area contributed by atoms with Crippen molar-refractivity contribution in [2.75, 3.05) is 32.7 Å². The molecule has 1 saturated carbocycles. The first kappa shape index (κ1) is 19.2. The first-order chi connectivity index (χ1) is 14.2. The number of hydrogen-bond acceptors (Lipinski definition) is 4. The van der Waals surface area contributed by atoms with Gasteiger partial charge in [-0.2, -0.15) is 0 Å². The van der Waals surface area contributed by atoms with Gasteiger partial charge in [0.2, 0.25) is 0 Å². The Bertz CT molecular complexity index is 820. The van der Waals surface area contributed by atoms with E-state index in [0.717, 1.165) is 51.0 Å². The molecule has 3 heterocycles. The molecule has 4 nitrogen and oxygen atoms in total. The van der Waals surface area contributed by atoms with Crippen molar-refractivity contribution < 1.29 is 5.11 Å². The van der Waals surface area contributed by atoms with Crippen LogP contribution in [0.3, 0.4) is 0 Å². The first-order valence-corrected chi connectivity index (χ1v) is 11.4. The van der Waals surface area contributed by atoms with E-state index in [9.17, 15) is 5.11 Å². The van der Waals surface area contributed by atoms with Crippen LogP contribution in [0.25, 0.3) is 0 Å². The van der Waals surface area contributed by atoms with E-state index in [1.54, 1.807) is 0 Å². The Kier molecular flexibility index (Phi) is 5.42. The van der Waals surface area contributed by atoms with E-state index in [4.69, 9.17) is 0 Å². The molecule has 2 aromatic rings. The lowest BCUT2D eigenvalue weighted by atomic mass is 9.82. The molecule has 0 radical (unpaired) electrons. The van der Waals surface area contributed by atoms with Crippen LogP contribution in [0.5, 0.6) is 0 Å². The van der Waals surface area contributed by atoms with Crippen LogP contribution in [0.2, 0.25) is 0 Å². The van der Waals surface area contributed by atoms with Gasteiger partial charge >= 0.3 is 0 Å². The minimum absolute atomic E-state index is 0.321. The zero-order valence-corrected chi connectivity index (χ0v) is 17.3. The Labute approximate surface area is 174 Å². The molecule has 154 valence electrons. The van der Waals surface area contributed by atoms with Gasteiger partial charge in [0.15, 0.2) is 0 Å². The van der Waals surface area contributed by atoms with E-state index in [2.05, 4.69) is 51.2 Å². The number of likely N-dealkylation sites (tertiary alicyclic amines) is 2. The Morgan fingerprint density at radius 3 is 2.66 bits per heavy atom. The molecule has 1 aromatic carbocycles. The number of aliphatic hydroxyl groups is 1. The number of benzene rings is 1. The van der Waals surface area contributed by atoms with Crippen molar-refractivity contribution in [3.05, 3.63) is 65.5 Å². The van der Waals surface area contributed by atoms with E-state index in [-0.39, 0.29) is 0 Å². The number of fused-ring (bicyclic) bond motifs is 1. The molecule has 3 atom stereocenters. The average molecular weight is 392 g/mol. The zero-order valence-electron chi connectivity index (χ0n) is 17.3. The highest BCUT2D eigenvalue weighted by atomic mass is 16.3. The summed E-state index contributed by atoms with van der Waals surface area (Å²) in [5.74, 6) is 0.916. The Balaban J connectivity index is 1.27. The fraction of sp³-hybridized carbons (Fsp3) is 0.560. The summed E-state index contributed by atoms with van der Waals surface area (Å²) in [6, 6.07) is 12.9. The fourth-order valence-corrected chi connectivity index (χ4v) is 5.87. The van der Waals surface area contributed by atoms with E-state index in [1.165, 1.54) is 37.1 Å². The quantitative estimate of drug-likeness (QED) is 0.819. The molecule has 29 heavy (non-hydrogen) atoms. The van der Waals surface area contributed by atoms with Crippen molar-refractivity contribution in [3.63, 3.8) is 0 Å². The molecule has 4 heteroatoms. The second-order valence-corrected chi connectivity index (χ2v) is 9.39. The molecule has 1 N–H and O–H groups in total. The van der Waals surface area contributed by atoms with Gasteiger partial charge in [-0.15, -0.1) is 0 Å². The number of rotatable bonds is 6. The molecule has 5 rings (SSSR count). The Morgan fingerprint density at radius 2 is 1.83 bits per heavy atom. The maximum absolute atomic E-state index is 11.7. The molecule has 3 unspecified atom stereocenters. The van der Waals surface area contributed by atoms with Crippen LogP contribution in [0.15, 0.2) is 48.8 Å². The third-order valence-electron chi connectivity index (χ3n) is 7.49. The van der Waals surface area contributed by atoms with Gasteiger partial charge in [0.1, 0.15) is 0 Å². The second-order valence-electron chi connectivity index (χ2n) is 9.39. The molecule has 1 aliphatic carbocycles. The summed E-state index contributed by atoms with van der Waals surface area (Å²) in [6.07, 6.45) is 9.60. The van der Waals surface area contributed by atoms with Crippen LogP contribution in [0.1, 0.15) is 42.4 Å². The van der Waals surface area contributed by atoms with Crippen molar-refractivity contribution in [3.8, 4) is 0 Å². The predicted molar refractivity (Wildman–Crippen MR) is 115 cm³/mol. The molecule has 3 aliphatic rings. The van der Waals surface area contributed by atoms with Crippen molar-refractivity contribution in [1.82, 2.24) is 14.8 Å². The van der Waals surface area contributed by atoms with Gasteiger partial charge in [0.05, 0.1) is 5.60 Å². The minimum atomic E-state index is -0.716. The number of hydrogen-bond donors (Lipinski definition) is 1. The number of aromatic nitrogens is 1. The molecule has 0 bridgehead atoms. The van der Waals surface area contributed by atoms with Gasteiger partial charge in [0, 0.05) is 50.1 Å². The lowest BCUT2D eigenvalue weighted by Crippen LogP contribution is -2.35. The van der Waals surface area contributed by atoms with Crippen molar-refractivity contribution in [1.29, 1.82) is 0 Å². The van der Waals surface area contributed by atoms with Crippen molar-refractivity contribution in [2.45, 2.75) is 44.2 Å². The first-order valence-electron chi connectivity index (χ1n) is 11.4. The van der Waals surface area contributed by atoms with Crippen molar-refractivity contribution in [2.24, 2.45) is 11.8 Å². The number of pyridine rings is 1. The molecular weight excluding hydrogens is 358 g/mol. The summed E-state index contributed by atoms with van der Waals surface area (Å²) >= 11 is 0. The molecule has 1 aromatic heterocycles. The highest BCUT2D eigenvalue weighted by Gasteiger charge is 2.52. The summed E-state index contributed by atoms with van der Waals surface area (Å²) in [5, 5.41) is 11.7. The third kappa shape index (κ3) is 3.98. The van der Waals surface area contributed by atoms with Crippen LogP contribution in [0, 0.1) is 11.8 Å². The van der Waals surface area contributed by atoms with Crippen LogP contribution in [0.4, 0.5) is 0 Å². The van der Waals surface area contributed by atoms with E-state index in [1.807, 2.05) is 12.4 Å². The molecule has 2 aliphatic heterocycles. The summed E-state index contributed by atoms with van der Waals surface area (Å²) in [5.41, 5.74) is 2.96. The highest BCUT2D eigenvalue weighted by Crippen LogP contribution is 2.50. The standard InChI is InChI=1S/C25H33N3O/c29-25(23-14-21(15-26-16-23)9-13-27-11-4-5-12-27)10-8-22-18-28(19-24(22)25)17-20-6-2-1-3-7-20/h1-3,6-7,14-16,22,24,29H,4-5,8-13,17-19H2. The van der Waals surface area contributed by atoms with Gasteiger partial charge in [-0.05, 0) is 68.3 Å². The lowest BCUT2D eigenvalue weighted by Gasteiger charge is -2.31. The van der Waals surface area contributed by atoms with Gasteiger partial charge in [-0.25, -0.2) is 0 Å². The van der Waals surface area contributed by atoms with Crippen LogP contribution in [-0.2, 0) is 18.6 Å². The molecular formula is C25H33N3O. The minimum Gasteiger partial charge on any atom is -0.385 e. The molecule has 0 spiro atoms. The van der Waals surface area contributed by atoms with Gasteiger partial charge in [-0.3, -0.25) is 9.88 Å². The molecule has 2 saturated heterocycles. The summed E-state index contributed by atoms with van der Waals surface area (Å²) in [4.78, 5) is 9.60. The van der Waals surface area contributed by atoms with E-state index in [0.29, 0.717) is 11.8 Å². The monoisotopic (exact) mass is 391 g/mol. The van der Waals surface area contributed by atoms with Gasteiger partial charge in [-0.1, -0.05) is 30.3 Å². The smallest absolute Gasteiger partial charge is 0.0954 e. The topological polar surface area (TPSA) is 39.6 Å². The largest absolute Gasteiger partial charge is 0.385 e. The summed E-state index contributed by atoms with van der Waals surface area (Å²) in [6.45, 7) is 6.65. The zero-order chi connectivity index (χ0) is 19.7. The van der Waals surface area contributed by atoms with Crippen molar-refractivity contribution >= 4 is 0 Å². The van der Waals surface area contributed by atoms with Crippen LogP contribution < -0.4 is 0 Å². The Morgan fingerprint density at radius 1 is 1.00 bits per heavy atom. The van der Waals surface area contributed by atoms with Crippen LogP contribution >= 0.6 is 0 Å². The fourth-order valence-electron chi connectivity index (χ4n) is 5.87. The second kappa shape index (κ2) is 8.17. The molecule has 0 amide bonds. The van der Waals surface area contributed by atoms with Gasteiger partial charge in [0.25, 0.3) is 0 Å². The van der Waals surface area contributed by atoms with Crippen LogP contribution in [-0.4, -0.2) is 52.6 Å². The van der Waals surface area contributed by atoms with E-state index >= 15 is 0 Å². The summed E-state index contributed by atoms with van der Waals surface area (Å²) < 4.78 is 0.